The molecular weight excluding hydrogens is 639 g/mol. The molecule has 0 spiro atoms. The molecule has 0 atom stereocenters. The molecule has 0 unspecified atom stereocenters. The van der Waals surface area contributed by atoms with Gasteiger partial charge < -0.3 is 4.90 Å². The first-order chi connectivity index (χ1) is 26.3. The summed E-state index contributed by atoms with van der Waals surface area (Å²) in [6.07, 6.45) is 0. The van der Waals surface area contributed by atoms with Crippen molar-refractivity contribution in [3.8, 4) is 55.6 Å². The maximum atomic E-state index is 2.33. The zero-order chi connectivity index (χ0) is 35.4. The van der Waals surface area contributed by atoms with Gasteiger partial charge in [-0.1, -0.05) is 182 Å². The monoisotopic (exact) mass is 675 g/mol. The minimum Gasteiger partial charge on any atom is -0.311 e. The molecule has 0 N–H and O–H groups in total. The molecule has 1 heteroatoms. The van der Waals surface area contributed by atoms with E-state index in [0.717, 1.165) is 17.1 Å². The van der Waals surface area contributed by atoms with Gasteiger partial charge in [0.2, 0.25) is 0 Å². The molecule has 0 bridgehead atoms. The molecule has 9 aromatic carbocycles. The van der Waals surface area contributed by atoms with Crippen molar-refractivity contribution in [2.45, 2.75) is 0 Å². The molecule has 1 nitrogen and oxygen atoms in total. The Bertz CT molecular complexity index is 2610. The Morgan fingerprint density at radius 1 is 0.245 bits per heavy atom. The van der Waals surface area contributed by atoms with E-state index >= 15 is 0 Å². The van der Waals surface area contributed by atoms with E-state index in [1.807, 2.05) is 0 Å². The number of anilines is 3. The molecule has 53 heavy (non-hydrogen) atoms. The van der Waals surface area contributed by atoms with E-state index < -0.39 is 0 Å². The molecule has 0 saturated carbocycles. The quantitative estimate of drug-likeness (QED) is 0.155. The van der Waals surface area contributed by atoms with Gasteiger partial charge in [0.25, 0.3) is 0 Å². The third-order valence-corrected chi connectivity index (χ3v) is 10.1. The summed E-state index contributed by atoms with van der Waals surface area (Å²) in [5.74, 6) is 0. The predicted molar refractivity (Wildman–Crippen MR) is 226 cm³/mol. The lowest BCUT2D eigenvalue weighted by Gasteiger charge is -2.26. The lowest BCUT2D eigenvalue weighted by atomic mass is 9.90. The molecule has 0 radical (unpaired) electrons. The van der Waals surface area contributed by atoms with Gasteiger partial charge in [-0.05, 0) is 109 Å². The van der Waals surface area contributed by atoms with Gasteiger partial charge >= 0.3 is 0 Å². The van der Waals surface area contributed by atoms with Crippen molar-refractivity contribution >= 4 is 27.8 Å². The normalized spacial score (nSPS) is 11.0. The van der Waals surface area contributed by atoms with E-state index in [9.17, 15) is 0 Å². The van der Waals surface area contributed by atoms with Crippen LogP contribution in [-0.2, 0) is 0 Å². The Morgan fingerprint density at radius 3 is 1.30 bits per heavy atom. The minimum atomic E-state index is 1.10. The summed E-state index contributed by atoms with van der Waals surface area (Å²) in [4.78, 5) is 2.33. The molecule has 0 saturated heterocycles. The number of hydrogen-bond acceptors (Lipinski definition) is 1. The number of hydrogen-bond donors (Lipinski definition) is 0. The smallest absolute Gasteiger partial charge is 0.0462 e. The topological polar surface area (TPSA) is 3.24 Å². The van der Waals surface area contributed by atoms with E-state index in [2.05, 4.69) is 229 Å². The van der Waals surface area contributed by atoms with Crippen molar-refractivity contribution in [2.24, 2.45) is 0 Å². The van der Waals surface area contributed by atoms with Crippen molar-refractivity contribution in [1.29, 1.82) is 0 Å². The number of fused-ring (bicyclic) bond motifs is 1. The molecule has 0 heterocycles. The highest BCUT2D eigenvalue weighted by Crippen LogP contribution is 2.41. The van der Waals surface area contributed by atoms with Crippen molar-refractivity contribution in [3.63, 3.8) is 0 Å². The number of benzene rings is 9. The van der Waals surface area contributed by atoms with Gasteiger partial charge in [0.05, 0.1) is 0 Å². The standard InChI is InChI=1S/C52H37N/c1-5-15-39(16-6-1)48-35-30-44(37-51(48)40-17-7-2-8-18-40)38-25-31-46(32-26-38)53(45-22-11-4-12-23-45)47-33-27-42(28-34-47)50-36-29-41-19-13-14-24-49(41)52(50)43-20-9-3-10-21-43/h1-37H. The second-order valence-corrected chi connectivity index (χ2v) is 13.3. The predicted octanol–water partition coefficient (Wildman–Crippen LogP) is 14.6. The lowest BCUT2D eigenvalue weighted by molar-refractivity contribution is 1.28. The highest BCUT2D eigenvalue weighted by Gasteiger charge is 2.16. The van der Waals surface area contributed by atoms with E-state index in [0.29, 0.717) is 0 Å². The van der Waals surface area contributed by atoms with E-state index in [1.165, 1.54) is 66.4 Å². The van der Waals surface area contributed by atoms with E-state index in [4.69, 9.17) is 0 Å². The number of nitrogens with zero attached hydrogens (tertiary/aromatic N) is 1. The van der Waals surface area contributed by atoms with Crippen LogP contribution in [0, 0.1) is 0 Å². The van der Waals surface area contributed by atoms with Gasteiger partial charge in [0.15, 0.2) is 0 Å². The number of rotatable bonds is 8. The van der Waals surface area contributed by atoms with Crippen molar-refractivity contribution < 1.29 is 0 Å². The van der Waals surface area contributed by atoms with Gasteiger partial charge in [-0.15, -0.1) is 0 Å². The van der Waals surface area contributed by atoms with Gasteiger partial charge in [-0.2, -0.15) is 0 Å². The van der Waals surface area contributed by atoms with Crippen LogP contribution in [0.25, 0.3) is 66.4 Å². The summed E-state index contributed by atoms with van der Waals surface area (Å²) in [5, 5.41) is 2.51. The minimum absolute atomic E-state index is 1.10. The largest absolute Gasteiger partial charge is 0.311 e. The molecule has 0 amide bonds. The third kappa shape index (κ3) is 6.42. The fourth-order valence-electron chi connectivity index (χ4n) is 7.50. The summed E-state index contributed by atoms with van der Waals surface area (Å²) >= 11 is 0. The van der Waals surface area contributed by atoms with Crippen LogP contribution >= 0.6 is 0 Å². The average Bonchev–Trinajstić information content (AvgIpc) is 3.25. The first-order valence-corrected chi connectivity index (χ1v) is 18.2. The third-order valence-electron chi connectivity index (χ3n) is 10.1. The Labute approximate surface area is 311 Å². The zero-order valence-corrected chi connectivity index (χ0v) is 29.3. The van der Waals surface area contributed by atoms with Crippen molar-refractivity contribution in [3.05, 3.63) is 224 Å². The van der Waals surface area contributed by atoms with Crippen LogP contribution in [0.3, 0.4) is 0 Å². The summed E-state index contributed by atoms with van der Waals surface area (Å²) in [5.41, 5.74) is 15.5. The van der Waals surface area contributed by atoms with Crippen LogP contribution in [0.2, 0.25) is 0 Å². The molecule has 0 aliphatic rings. The lowest BCUT2D eigenvalue weighted by Crippen LogP contribution is -2.09. The van der Waals surface area contributed by atoms with Crippen LogP contribution in [-0.4, -0.2) is 0 Å². The van der Waals surface area contributed by atoms with Gasteiger partial charge in [0.1, 0.15) is 0 Å². The highest BCUT2D eigenvalue weighted by atomic mass is 15.1. The molecule has 9 aromatic rings. The Balaban J connectivity index is 1.09. The van der Waals surface area contributed by atoms with Crippen LogP contribution in [0.15, 0.2) is 224 Å². The molecule has 9 rings (SSSR count). The summed E-state index contributed by atoms with van der Waals surface area (Å²) in [6.45, 7) is 0. The Morgan fingerprint density at radius 2 is 0.679 bits per heavy atom. The van der Waals surface area contributed by atoms with Crippen LogP contribution in [0.5, 0.6) is 0 Å². The SMILES string of the molecule is c1ccc(-c2ccc(-c3ccc(N(c4ccccc4)c4ccc(-c5ccc6ccccc6c5-c5ccccc5)cc4)cc3)cc2-c2ccccc2)cc1. The molecular formula is C52H37N. The van der Waals surface area contributed by atoms with Crippen LogP contribution in [0.4, 0.5) is 17.1 Å². The van der Waals surface area contributed by atoms with Crippen molar-refractivity contribution in [1.82, 2.24) is 0 Å². The van der Waals surface area contributed by atoms with Crippen LogP contribution < -0.4 is 4.90 Å². The average molecular weight is 676 g/mol. The van der Waals surface area contributed by atoms with Crippen LogP contribution in [0.1, 0.15) is 0 Å². The Kier molecular flexibility index (Phi) is 8.66. The molecule has 0 aliphatic heterocycles. The van der Waals surface area contributed by atoms with E-state index in [1.54, 1.807) is 0 Å². The first kappa shape index (κ1) is 32.0. The first-order valence-electron chi connectivity index (χ1n) is 18.2. The number of para-hydroxylation sites is 1. The van der Waals surface area contributed by atoms with Gasteiger partial charge in [-0.3, -0.25) is 0 Å². The zero-order valence-electron chi connectivity index (χ0n) is 29.3. The maximum absolute atomic E-state index is 2.33. The fourth-order valence-corrected chi connectivity index (χ4v) is 7.50. The molecule has 0 fully saturated rings. The second kappa shape index (κ2) is 14.3. The van der Waals surface area contributed by atoms with Crippen molar-refractivity contribution in [2.75, 3.05) is 4.90 Å². The van der Waals surface area contributed by atoms with E-state index in [-0.39, 0.29) is 0 Å². The van der Waals surface area contributed by atoms with Gasteiger partial charge in [-0.25, -0.2) is 0 Å². The molecule has 0 aromatic heterocycles. The summed E-state index contributed by atoms with van der Waals surface area (Å²) < 4.78 is 0. The molecule has 0 aliphatic carbocycles. The fraction of sp³-hybridized carbons (Fsp3) is 0. The Hall–Kier alpha value is -6.96. The summed E-state index contributed by atoms with van der Waals surface area (Å²) in [7, 11) is 0. The van der Waals surface area contributed by atoms with Gasteiger partial charge in [0, 0.05) is 17.1 Å². The second-order valence-electron chi connectivity index (χ2n) is 13.3. The highest BCUT2D eigenvalue weighted by molar-refractivity contribution is 6.04. The molecule has 250 valence electrons. The summed E-state index contributed by atoms with van der Waals surface area (Å²) in [6, 6.07) is 80.7. The maximum Gasteiger partial charge on any atom is 0.0462 e.